The van der Waals surface area contributed by atoms with Crippen molar-refractivity contribution in [2.75, 3.05) is 6.54 Å². The third-order valence-electron chi connectivity index (χ3n) is 1.57. The fourth-order valence-electron chi connectivity index (χ4n) is 0.834. The highest BCUT2D eigenvalue weighted by atomic mass is 79.9. The average molecular weight is 230 g/mol. The van der Waals surface area contributed by atoms with E-state index in [-0.39, 0.29) is 5.82 Å². The summed E-state index contributed by atoms with van der Waals surface area (Å²) in [6.07, 6.45) is 0. The second-order valence-corrected chi connectivity index (χ2v) is 3.29. The summed E-state index contributed by atoms with van der Waals surface area (Å²) in [4.78, 5) is 0. The van der Waals surface area contributed by atoms with Crippen LogP contribution in [0, 0.1) is 5.82 Å². The Balaban J connectivity index is 3.05. The van der Waals surface area contributed by atoms with Gasteiger partial charge in [0.25, 0.3) is 0 Å². The maximum atomic E-state index is 12.8. The zero-order valence-electron chi connectivity index (χ0n) is 6.48. The van der Waals surface area contributed by atoms with E-state index in [1.165, 1.54) is 6.07 Å². The fraction of sp³-hybridized carbons (Fsp3) is 0.111. The van der Waals surface area contributed by atoms with Crippen molar-refractivity contribution in [3.05, 3.63) is 40.6 Å². The summed E-state index contributed by atoms with van der Waals surface area (Å²) in [7, 11) is 0. The lowest BCUT2D eigenvalue weighted by Gasteiger charge is -2.03. The highest BCUT2D eigenvalue weighted by Gasteiger charge is 2.01. The van der Waals surface area contributed by atoms with Gasteiger partial charge >= 0.3 is 0 Å². The van der Waals surface area contributed by atoms with Crippen LogP contribution in [-0.4, -0.2) is 6.54 Å². The van der Waals surface area contributed by atoms with Gasteiger partial charge in [0, 0.05) is 6.54 Å². The largest absolute Gasteiger partial charge is 0.326 e. The Bertz CT molecular complexity index is 309. The Morgan fingerprint density at radius 2 is 2.25 bits per heavy atom. The van der Waals surface area contributed by atoms with Crippen molar-refractivity contribution >= 4 is 21.5 Å². The van der Waals surface area contributed by atoms with Crippen LogP contribution in [0.4, 0.5) is 4.39 Å². The first-order valence-corrected chi connectivity index (χ1v) is 4.27. The standard InChI is InChI=1S/C9H9BrFN/c1-6(5-12)7-2-3-9(11)8(10)4-7/h2-4H,1,5,12H2. The zero-order chi connectivity index (χ0) is 9.14. The molecule has 0 spiro atoms. The molecule has 0 radical (unpaired) electrons. The summed E-state index contributed by atoms with van der Waals surface area (Å²) in [6.45, 7) is 4.13. The fourth-order valence-corrected chi connectivity index (χ4v) is 1.21. The van der Waals surface area contributed by atoms with Gasteiger partial charge in [-0.1, -0.05) is 12.6 Å². The molecule has 0 aliphatic heterocycles. The molecule has 0 saturated heterocycles. The lowest BCUT2D eigenvalue weighted by Crippen LogP contribution is -2.00. The number of hydrogen-bond acceptors (Lipinski definition) is 1. The molecule has 2 N–H and O–H groups in total. The Morgan fingerprint density at radius 3 is 2.75 bits per heavy atom. The molecule has 3 heteroatoms. The van der Waals surface area contributed by atoms with Gasteiger partial charge in [0.1, 0.15) is 5.82 Å². The summed E-state index contributed by atoms with van der Waals surface area (Å²) >= 11 is 3.09. The van der Waals surface area contributed by atoms with Gasteiger partial charge in [0.15, 0.2) is 0 Å². The highest BCUT2D eigenvalue weighted by Crippen LogP contribution is 2.20. The first kappa shape index (κ1) is 9.42. The quantitative estimate of drug-likeness (QED) is 0.830. The van der Waals surface area contributed by atoms with E-state index < -0.39 is 0 Å². The van der Waals surface area contributed by atoms with Crippen LogP contribution in [0.1, 0.15) is 5.56 Å². The van der Waals surface area contributed by atoms with Crippen LogP contribution in [0.2, 0.25) is 0 Å². The van der Waals surface area contributed by atoms with Gasteiger partial charge in [-0.25, -0.2) is 4.39 Å². The van der Waals surface area contributed by atoms with Gasteiger partial charge in [0.05, 0.1) is 4.47 Å². The van der Waals surface area contributed by atoms with Crippen LogP contribution < -0.4 is 5.73 Å². The first-order valence-electron chi connectivity index (χ1n) is 3.48. The van der Waals surface area contributed by atoms with Crippen molar-refractivity contribution in [2.45, 2.75) is 0 Å². The molecule has 0 aromatic heterocycles. The Morgan fingerprint density at radius 1 is 1.58 bits per heavy atom. The maximum absolute atomic E-state index is 12.8. The Hall–Kier alpha value is -0.670. The summed E-state index contributed by atoms with van der Waals surface area (Å²) in [5, 5.41) is 0. The number of hydrogen-bond donors (Lipinski definition) is 1. The van der Waals surface area contributed by atoms with Crippen LogP contribution >= 0.6 is 15.9 Å². The van der Waals surface area contributed by atoms with Gasteiger partial charge in [-0.05, 0) is 39.2 Å². The van der Waals surface area contributed by atoms with Crippen molar-refractivity contribution in [2.24, 2.45) is 5.73 Å². The molecule has 1 aromatic carbocycles. The topological polar surface area (TPSA) is 26.0 Å². The molecule has 0 amide bonds. The predicted molar refractivity (Wildman–Crippen MR) is 52.2 cm³/mol. The summed E-state index contributed by atoms with van der Waals surface area (Å²) in [5.41, 5.74) is 7.05. The molecule has 12 heavy (non-hydrogen) atoms. The summed E-state index contributed by atoms with van der Waals surface area (Å²) < 4.78 is 13.2. The van der Waals surface area contributed by atoms with Gasteiger partial charge in [-0.3, -0.25) is 0 Å². The molecule has 0 unspecified atom stereocenters. The number of halogens is 2. The van der Waals surface area contributed by atoms with E-state index in [4.69, 9.17) is 5.73 Å². The highest BCUT2D eigenvalue weighted by molar-refractivity contribution is 9.10. The molecule has 0 saturated carbocycles. The molecule has 1 rings (SSSR count). The lowest BCUT2D eigenvalue weighted by molar-refractivity contribution is 0.621. The molecular formula is C9H9BrFN. The van der Waals surface area contributed by atoms with Crippen LogP contribution in [-0.2, 0) is 0 Å². The van der Waals surface area contributed by atoms with Crippen molar-refractivity contribution in [1.29, 1.82) is 0 Å². The molecule has 0 aliphatic rings. The van der Waals surface area contributed by atoms with Gasteiger partial charge in [0.2, 0.25) is 0 Å². The zero-order valence-corrected chi connectivity index (χ0v) is 8.07. The van der Waals surface area contributed by atoms with E-state index in [0.717, 1.165) is 11.1 Å². The molecule has 1 aromatic rings. The molecule has 0 bridgehead atoms. The second-order valence-electron chi connectivity index (χ2n) is 2.44. The minimum absolute atomic E-state index is 0.274. The molecule has 1 nitrogen and oxygen atoms in total. The monoisotopic (exact) mass is 229 g/mol. The first-order chi connectivity index (χ1) is 5.65. The van der Waals surface area contributed by atoms with Crippen molar-refractivity contribution in [3.63, 3.8) is 0 Å². The van der Waals surface area contributed by atoms with Crippen LogP contribution in [0.15, 0.2) is 29.3 Å². The van der Waals surface area contributed by atoms with E-state index in [0.29, 0.717) is 11.0 Å². The van der Waals surface area contributed by atoms with Gasteiger partial charge in [-0.2, -0.15) is 0 Å². The normalized spacial score (nSPS) is 9.92. The van der Waals surface area contributed by atoms with Crippen molar-refractivity contribution in [1.82, 2.24) is 0 Å². The second kappa shape index (κ2) is 3.83. The van der Waals surface area contributed by atoms with Gasteiger partial charge < -0.3 is 5.73 Å². The summed E-state index contributed by atoms with van der Waals surface area (Å²) in [5.74, 6) is -0.274. The van der Waals surface area contributed by atoms with Crippen molar-refractivity contribution < 1.29 is 4.39 Å². The molecule has 0 aliphatic carbocycles. The molecule has 0 fully saturated rings. The Labute approximate surface area is 79.2 Å². The third-order valence-corrected chi connectivity index (χ3v) is 2.18. The van der Waals surface area contributed by atoms with E-state index >= 15 is 0 Å². The number of nitrogens with two attached hydrogens (primary N) is 1. The molecule has 64 valence electrons. The molecular weight excluding hydrogens is 221 g/mol. The minimum atomic E-state index is -0.274. The van der Waals surface area contributed by atoms with E-state index in [9.17, 15) is 4.39 Å². The average Bonchev–Trinajstić information content (AvgIpc) is 2.08. The predicted octanol–water partition coefficient (Wildman–Crippen LogP) is 2.56. The smallest absolute Gasteiger partial charge is 0.137 e. The van der Waals surface area contributed by atoms with E-state index in [2.05, 4.69) is 22.5 Å². The van der Waals surface area contributed by atoms with E-state index in [1.54, 1.807) is 12.1 Å². The number of benzene rings is 1. The maximum Gasteiger partial charge on any atom is 0.137 e. The van der Waals surface area contributed by atoms with Crippen LogP contribution in [0.25, 0.3) is 5.57 Å². The minimum Gasteiger partial charge on any atom is -0.326 e. The van der Waals surface area contributed by atoms with Crippen molar-refractivity contribution in [3.8, 4) is 0 Å². The van der Waals surface area contributed by atoms with Crippen LogP contribution in [0.3, 0.4) is 0 Å². The van der Waals surface area contributed by atoms with Gasteiger partial charge in [-0.15, -0.1) is 0 Å². The van der Waals surface area contributed by atoms with Crippen LogP contribution in [0.5, 0.6) is 0 Å². The lowest BCUT2D eigenvalue weighted by atomic mass is 10.1. The molecule has 0 atom stereocenters. The number of rotatable bonds is 2. The summed E-state index contributed by atoms with van der Waals surface area (Å²) in [6, 6.07) is 4.72. The van der Waals surface area contributed by atoms with E-state index in [1.807, 2.05) is 0 Å². The SMILES string of the molecule is C=C(CN)c1ccc(F)c(Br)c1. The Kier molecular flexibility index (Phi) is 3.00. The molecule has 0 heterocycles. The third kappa shape index (κ3) is 1.93.